The smallest absolute Gasteiger partial charge is 0.338 e. The standard InChI is InChI=1S/C24H24O10/c1-28-16-6-11(7-17(29-2)22(16)30-3)18-12-8-14-15(34-10-33-14)9-13(12)21(25)20(24(27)32-5)19(18)23(26)31-4/h6-9,18-19,25H,10H2,1-5H3/t18-,19?/m0/s1. The third kappa shape index (κ3) is 3.51. The van der Waals surface area contributed by atoms with Crippen molar-refractivity contribution in [3.63, 3.8) is 0 Å². The molecule has 2 aromatic carbocycles. The van der Waals surface area contributed by atoms with E-state index in [0.29, 0.717) is 45.4 Å². The first-order chi connectivity index (χ1) is 16.4. The maximum atomic E-state index is 13.1. The van der Waals surface area contributed by atoms with Gasteiger partial charge in [0.2, 0.25) is 12.5 Å². The van der Waals surface area contributed by atoms with Gasteiger partial charge in [0, 0.05) is 11.5 Å². The van der Waals surface area contributed by atoms with Gasteiger partial charge in [-0.1, -0.05) is 0 Å². The van der Waals surface area contributed by atoms with E-state index in [1.165, 1.54) is 35.5 Å². The third-order valence-corrected chi connectivity index (χ3v) is 5.94. The third-order valence-electron chi connectivity index (χ3n) is 5.94. The van der Waals surface area contributed by atoms with E-state index in [0.717, 1.165) is 0 Å². The molecule has 2 aromatic rings. The lowest BCUT2D eigenvalue weighted by Crippen LogP contribution is -2.34. The van der Waals surface area contributed by atoms with Gasteiger partial charge in [0.1, 0.15) is 11.7 Å². The number of benzene rings is 2. The number of esters is 2. The van der Waals surface area contributed by atoms with Gasteiger partial charge in [0.15, 0.2) is 23.0 Å². The zero-order valence-corrected chi connectivity index (χ0v) is 19.3. The highest BCUT2D eigenvalue weighted by molar-refractivity contribution is 6.04. The van der Waals surface area contributed by atoms with Gasteiger partial charge < -0.3 is 38.3 Å². The van der Waals surface area contributed by atoms with E-state index in [9.17, 15) is 14.7 Å². The lowest BCUT2D eigenvalue weighted by atomic mass is 9.70. The largest absolute Gasteiger partial charge is 0.507 e. The van der Waals surface area contributed by atoms with Crippen molar-refractivity contribution in [3.05, 3.63) is 46.5 Å². The first kappa shape index (κ1) is 23.1. The zero-order valence-electron chi connectivity index (χ0n) is 19.3. The maximum Gasteiger partial charge on any atom is 0.338 e. The fourth-order valence-corrected chi connectivity index (χ4v) is 4.43. The summed E-state index contributed by atoms with van der Waals surface area (Å²) in [5.74, 6) is -2.17. The molecule has 180 valence electrons. The first-order valence-corrected chi connectivity index (χ1v) is 10.2. The van der Waals surface area contributed by atoms with Crippen LogP contribution in [0.25, 0.3) is 5.76 Å². The molecule has 1 aliphatic carbocycles. The van der Waals surface area contributed by atoms with Gasteiger partial charge in [-0.05, 0) is 35.4 Å². The molecule has 10 nitrogen and oxygen atoms in total. The molecule has 2 aliphatic rings. The van der Waals surface area contributed by atoms with Gasteiger partial charge >= 0.3 is 11.9 Å². The Balaban J connectivity index is 2.06. The second kappa shape index (κ2) is 9.05. The topological polar surface area (TPSA) is 119 Å². The van der Waals surface area contributed by atoms with Crippen LogP contribution in [0.4, 0.5) is 0 Å². The minimum atomic E-state index is -1.24. The molecule has 34 heavy (non-hydrogen) atoms. The van der Waals surface area contributed by atoms with Crippen molar-refractivity contribution in [2.24, 2.45) is 5.92 Å². The SMILES string of the molecule is COC(=O)C1=C(O)c2cc3c(cc2[C@H](c2cc(OC)c(OC)c(OC)c2)C1C(=O)OC)OCO3. The molecule has 0 fully saturated rings. The lowest BCUT2D eigenvalue weighted by Gasteiger charge is -2.33. The molecule has 4 rings (SSSR count). The molecule has 1 unspecified atom stereocenters. The predicted molar refractivity (Wildman–Crippen MR) is 118 cm³/mol. The molecule has 0 saturated carbocycles. The fraction of sp³-hybridized carbons (Fsp3) is 0.333. The zero-order chi connectivity index (χ0) is 24.6. The van der Waals surface area contributed by atoms with Gasteiger partial charge in [-0.3, -0.25) is 4.79 Å². The molecule has 0 bridgehead atoms. The van der Waals surface area contributed by atoms with Crippen molar-refractivity contribution in [3.8, 4) is 28.7 Å². The van der Waals surface area contributed by atoms with Crippen molar-refractivity contribution in [1.29, 1.82) is 0 Å². The molecule has 0 saturated heterocycles. The lowest BCUT2D eigenvalue weighted by molar-refractivity contribution is -0.148. The number of carbonyl (C=O) groups excluding carboxylic acids is 2. The minimum absolute atomic E-state index is 0.00183. The number of methoxy groups -OCH3 is 5. The quantitative estimate of drug-likeness (QED) is 0.629. The molecule has 0 radical (unpaired) electrons. The van der Waals surface area contributed by atoms with Crippen LogP contribution in [0.3, 0.4) is 0 Å². The van der Waals surface area contributed by atoms with Crippen molar-refractivity contribution in [2.75, 3.05) is 42.3 Å². The molecular formula is C24H24O10. The van der Waals surface area contributed by atoms with Crippen LogP contribution < -0.4 is 23.7 Å². The van der Waals surface area contributed by atoms with Crippen LogP contribution in [0.2, 0.25) is 0 Å². The number of fused-ring (bicyclic) bond motifs is 2. The summed E-state index contributed by atoms with van der Waals surface area (Å²) in [7, 11) is 6.79. The Kier molecular flexibility index (Phi) is 6.14. The number of aliphatic hydroxyl groups excluding tert-OH is 1. The van der Waals surface area contributed by atoms with Crippen LogP contribution in [0.1, 0.15) is 22.6 Å². The predicted octanol–water partition coefficient (Wildman–Crippen LogP) is 2.82. The van der Waals surface area contributed by atoms with E-state index < -0.39 is 29.5 Å². The summed E-state index contributed by atoms with van der Waals surface area (Å²) in [5.41, 5.74) is 1.11. The number of ether oxygens (including phenoxy) is 7. The van der Waals surface area contributed by atoms with E-state index in [-0.39, 0.29) is 12.4 Å². The van der Waals surface area contributed by atoms with Crippen LogP contribution in [-0.2, 0) is 19.1 Å². The van der Waals surface area contributed by atoms with E-state index >= 15 is 0 Å². The molecule has 1 N–H and O–H groups in total. The monoisotopic (exact) mass is 472 g/mol. The average Bonchev–Trinajstić information content (AvgIpc) is 3.33. The summed E-state index contributed by atoms with van der Waals surface area (Å²) in [5, 5.41) is 11.1. The molecule has 0 amide bonds. The van der Waals surface area contributed by atoms with Crippen molar-refractivity contribution < 1.29 is 47.9 Å². The van der Waals surface area contributed by atoms with Gasteiger partial charge in [0.25, 0.3) is 0 Å². The fourth-order valence-electron chi connectivity index (χ4n) is 4.43. The van der Waals surface area contributed by atoms with Crippen LogP contribution in [0, 0.1) is 5.92 Å². The molecule has 1 aliphatic heterocycles. The molecule has 0 spiro atoms. The Hall–Kier alpha value is -4.08. The summed E-state index contributed by atoms with van der Waals surface area (Å²) in [6, 6.07) is 6.58. The van der Waals surface area contributed by atoms with Crippen molar-refractivity contribution >= 4 is 17.7 Å². The van der Waals surface area contributed by atoms with Crippen LogP contribution in [0.15, 0.2) is 29.8 Å². The average molecular weight is 472 g/mol. The number of hydrogen-bond acceptors (Lipinski definition) is 10. The summed E-state index contributed by atoms with van der Waals surface area (Å²) < 4.78 is 37.3. The molecule has 0 aromatic heterocycles. The highest BCUT2D eigenvalue weighted by Gasteiger charge is 2.46. The van der Waals surface area contributed by atoms with Gasteiger partial charge in [-0.25, -0.2) is 4.79 Å². The number of aliphatic hydroxyl groups is 1. The van der Waals surface area contributed by atoms with E-state index in [2.05, 4.69) is 0 Å². The molecular weight excluding hydrogens is 448 g/mol. The Morgan fingerprint density at radius 3 is 2.03 bits per heavy atom. The molecule has 2 atom stereocenters. The first-order valence-electron chi connectivity index (χ1n) is 10.2. The van der Waals surface area contributed by atoms with E-state index in [4.69, 9.17) is 33.2 Å². The second-order valence-corrected chi connectivity index (χ2v) is 7.48. The number of rotatable bonds is 6. The summed E-state index contributed by atoms with van der Waals surface area (Å²) in [6.07, 6.45) is 0. The number of carbonyl (C=O) groups is 2. The summed E-state index contributed by atoms with van der Waals surface area (Å²) in [4.78, 5) is 25.9. The second-order valence-electron chi connectivity index (χ2n) is 7.48. The summed E-state index contributed by atoms with van der Waals surface area (Å²) in [6.45, 7) is 0.00183. The highest BCUT2D eigenvalue weighted by Crippen LogP contribution is 2.52. The molecule has 10 heteroatoms. The van der Waals surface area contributed by atoms with E-state index in [1.807, 2.05) is 0 Å². The van der Waals surface area contributed by atoms with Crippen LogP contribution in [0.5, 0.6) is 28.7 Å². The van der Waals surface area contributed by atoms with Crippen LogP contribution in [-0.4, -0.2) is 59.4 Å². The van der Waals surface area contributed by atoms with Crippen molar-refractivity contribution in [2.45, 2.75) is 5.92 Å². The summed E-state index contributed by atoms with van der Waals surface area (Å²) >= 11 is 0. The van der Waals surface area contributed by atoms with Crippen LogP contribution >= 0.6 is 0 Å². The minimum Gasteiger partial charge on any atom is -0.507 e. The Morgan fingerprint density at radius 2 is 1.50 bits per heavy atom. The molecule has 1 heterocycles. The highest BCUT2D eigenvalue weighted by atomic mass is 16.7. The Morgan fingerprint density at radius 1 is 0.882 bits per heavy atom. The van der Waals surface area contributed by atoms with Gasteiger partial charge in [0.05, 0.1) is 41.1 Å². The Bertz CT molecular complexity index is 1160. The van der Waals surface area contributed by atoms with Crippen molar-refractivity contribution in [1.82, 2.24) is 0 Å². The van der Waals surface area contributed by atoms with Gasteiger partial charge in [-0.15, -0.1) is 0 Å². The van der Waals surface area contributed by atoms with E-state index in [1.54, 1.807) is 24.3 Å². The number of hydrogen-bond donors (Lipinski definition) is 1. The maximum absolute atomic E-state index is 13.1. The van der Waals surface area contributed by atoms with Gasteiger partial charge in [-0.2, -0.15) is 0 Å². The Labute approximate surface area is 195 Å². The normalized spacial score (nSPS) is 18.1.